The standard InChI is InChI=1S/C17H21ClN4O/c1-3-19-16-5-4-14(18)8-15(16)17(23)22-7-6-12(11-22)13-9-20-21(2)10-13/h4-5,8-10,12,19H,3,6-7,11H2,1-2H3/t12-/m0/s1. The molecule has 1 atom stereocenters. The molecule has 0 saturated carbocycles. The maximum Gasteiger partial charge on any atom is 0.256 e. The number of amides is 1. The van der Waals surface area contributed by atoms with E-state index in [1.807, 2.05) is 37.3 Å². The van der Waals surface area contributed by atoms with Crippen LogP contribution in [0.1, 0.15) is 35.2 Å². The molecule has 1 amide bonds. The van der Waals surface area contributed by atoms with Crippen molar-refractivity contribution in [3.63, 3.8) is 0 Å². The Morgan fingerprint density at radius 1 is 1.48 bits per heavy atom. The monoisotopic (exact) mass is 332 g/mol. The van der Waals surface area contributed by atoms with Gasteiger partial charge in [-0.05, 0) is 37.1 Å². The summed E-state index contributed by atoms with van der Waals surface area (Å²) in [4.78, 5) is 14.8. The molecule has 6 heteroatoms. The van der Waals surface area contributed by atoms with Gasteiger partial charge >= 0.3 is 0 Å². The first-order valence-electron chi connectivity index (χ1n) is 7.89. The van der Waals surface area contributed by atoms with E-state index in [1.54, 1.807) is 16.8 Å². The van der Waals surface area contributed by atoms with E-state index in [9.17, 15) is 4.79 Å². The molecule has 0 aliphatic carbocycles. The number of carbonyl (C=O) groups excluding carboxylic acids is 1. The first kappa shape index (κ1) is 15.9. The van der Waals surface area contributed by atoms with Crippen molar-refractivity contribution >= 4 is 23.2 Å². The fraction of sp³-hybridized carbons (Fsp3) is 0.412. The molecule has 5 nitrogen and oxygen atoms in total. The van der Waals surface area contributed by atoms with Gasteiger partial charge in [-0.3, -0.25) is 9.48 Å². The van der Waals surface area contributed by atoms with Crippen LogP contribution in [0, 0.1) is 0 Å². The van der Waals surface area contributed by atoms with E-state index in [1.165, 1.54) is 5.56 Å². The van der Waals surface area contributed by atoms with Crippen molar-refractivity contribution in [2.45, 2.75) is 19.3 Å². The largest absolute Gasteiger partial charge is 0.385 e. The van der Waals surface area contributed by atoms with Crippen molar-refractivity contribution in [1.29, 1.82) is 0 Å². The van der Waals surface area contributed by atoms with E-state index in [4.69, 9.17) is 11.6 Å². The Bertz CT molecular complexity index is 712. The van der Waals surface area contributed by atoms with Crippen molar-refractivity contribution in [2.75, 3.05) is 25.0 Å². The van der Waals surface area contributed by atoms with E-state index < -0.39 is 0 Å². The number of aromatic nitrogens is 2. The Morgan fingerprint density at radius 2 is 2.30 bits per heavy atom. The van der Waals surface area contributed by atoms with Crippen LogP contribution in [0.3, 0.4) is 0 Å². The molecule has 1 aliphatic rings. The number of hydrogen-bond acceptors (Lipinski definition) is 3. The van der Waals surface area contributed by atoms with Gasteiger partial charge in [0, 0.05) is 49.5 Å². The summed E-state index contributed by atoms with van der Waals surface area (Å²) in [5.41, 5.74) is 2.68. The third kappa shape index (κ3) is 3.34. The summed E-state index contributed by atoms with van der Waals surface area (Å²) < 4.78 is 1.81. The first-order valence-corrected chi connectivity index (χ1v) is 8.27. The summed E-state index contributed by atoms with van der Waals surface area (Å²) in [6, 6.07) is 5.42. The van der Waals surface area contributed by atoms with Gasteiger partial charge in [0.1, 0.15) is 0 Å². The highest BCUT2D eigenvalue weighted by Crippen LogP contribution is 2.30. The Morgan fingerprint density at radius 3 is 3.00 bits per heavy atom. The summed E-state index contributed by atoms with van der Waals surface area (Å²) >= 11 is 6.09. The van der Waals surface area contributed by atoms with Crippen LogP contribution in [0.15, 0.2) is 30.6 Å². The zero-order valence-electron chi connectivity index (χ0n) is 13.4. The van der Waals surface area contributed by atoms with Crippen molar-refractivity contribution in [3.05, 3.63) is 46.7 Å². The summed E-state index contributed by atoms with van der Waals surface area (Å²) in [6.07, 6.45) is 4.89. The van der Waals surface area contributed by atoms with E-state index in [2.05, 4.69) is 10.4 Å². The highest BCUT2D eigenvalue weighted by atomic mass is 35.5. The molecule has 23 heavy (non-hydrogen) atoms. The van der Waals surface area contributed by atoms with E-state index in [0.717, 1.165) is 31.7 Å². The fourth-order valence-corrected chi connectivity index (χ4v) is 3.25. The number of nitrogens with zero attached hydrogens (tertiary/aromatic N) is 3. The van der Waals surface area contributed by atoms with Gasteiger partial charge in [-0.25, -0.2) is 0 Å². The molecular weight excluding hydrogens is 312 g/mol. The molecule has 2 heterocycles. The smallest absolute Gasteiger partial charge is 0.256 e. The highest BCUT2D eigenvalue weighted by molar-refractivity contribution is 6.31. The maximum atomic E-state index is 12.9. The van der Waals surface area contributed by atoms with Crippen molar-refractivity contribution in [3.8, 4) is 0 Å². The number of likely N-dealkylation sites (tertiary alicyclic amines) is 1. The van der Waals surface area contributed by atoms with Crippen LogP contribution in [-0.4, -0.2) is 40.2 Å². The topological polar surface area (TPSA) is 50.2 Å². The molecule has 0 bridgehead atoms. The van der Waals surface area contributed by atoms with E-state index >= 15 is 0 Å². The third-order valence-electron chi connectivity index (χ3n) is 4.25. The normalized spacial score (nSPS) is 17.5. The molecular formula is C17H21ClN4O. The minimum Gasteiger partial charge on any atom is -0.385 e. The number of rotatable bonds is 4. The maximum absolute atomic E-state index is 12.9. The molecule has 3 rings (SSSR count). The molecule has 0 radical (unpaired) electrons. The molecule has 122 valence electrons. The number of benzene rings is 1. The molecule has 1 saturated heterocycles. The van der Waals surface area contributed by atoms with Crippen LogP contribution in [0.2, 0.25) is 5.02 Å². The number of carbonyl (C=O) groups is 1. The van der Waals surface area contributed by atoms with Crippen molar-refractivity contribution in [1.82, 2.24) is 14.7 Å². The molecule has 0 spiro atoms. The second-order valence-corrected chi connectivity index (χ2v) is 6.34. The lowest BCUT2D eigenvalue weighted by Crippen LogP contribution is -2.29. The molecule has 1 N–H and O–H groups in total. The number of anilines is 1. The Labute approximate surface area is 141 Å². The zero-order chi connectivity index (χ0) is 16.4. The molecule has 0 unspecified atom stereocenters. The van der Waals surface area contributed by atoms with Gasteiger partial charge < -0.3 is 10.2 Å². The van der Waals surface area contributed by atoms with Crippen molar-refractivity contribution in [2.24, 2.45) is 7.05 Å². The molecule has 1 aromatic heterocycles. The van der Waals surface area contributed by atoms with Gasteiger partial charge in [0.25, 0.3) is 5.91 Å². The second-order valence-electron chi connectivity index (χ2n) is 5.90. The number of hydrogen-bond donors (Lipinski definition) is 1. The van der Waals surface area contributed by atoms with Gasteiger partial charge in [0.15, 0.2) is 0 Å². The molecule has 2 aromatic rings. The van der Waals surface area contributed by atoms with Crippen LogP contribution in [-0.2, 0) is 7.05 Å². The van der Waals surface area contributed by atoms with Gasteiger partial charge in [-0.2, -0.15) is 5.10 Å². The molecule has 1 fully saturated rings. The summed E-state index contributed by atoms with van der Waals surface area (Å²) in [5.74, 6) is 0.393. The Kier molecular flexibility index (Phi) is 4.57. The summed E-state index contributed by atoms with van der Waals surface area (Å²) in [7, 11) is 1.91. The zero-order valence-corrected chi connectivity index (χ0v) is 14.2. The van der Waals surface area contributed by atoms with Crippen molar-refractivity contribution < 1.29 is 4.79 Å². The average molecular weight is 333 g/mol. The van der Waals surface area contributed by atoms with Gasteiger partial charge in [-0.1, -0.05) is 11.6 Å². The van der Waals surface area contributed by atoms with Crippen LogP contribution in [0.25, 0.3) is 0 Å². The Hall–Kier alpha value is -2.01. The predicted octanol–water partition coefficient (Wildman–Crippen LogP) is 3.14. The van der Waals surface area contributed by atoms with Crippen LogP contribution in [0.4, 0.5) is 5.69 Å². The Balaban J connectivity index is 1.78. The number of aryl methyl sites for hydroxylation is 1. The number of nitrogens with one attached hydrogen (secondary N) is 1. The van der Waals surface area contributed by atoms with Crippen LogP contribution >= 0.6 is 11.6 Å². The first-order chi connectivity index (χ1) is 11.1. The molecule has 1 aromatic carbocycles. The summed E-state index contributed by atoms with van der Waals surface area (Å²) in [5, 5.41) is 8.04. The lowest BCUT2D eigenvalue weighted by molar-refractivity contribution is 0.0791. The van der Waals surface area contributed by atoms with Crippen LogP contribution in [0.5, 0.6) is 0 Å². The molecule has 1 aliphatic heterocycles. The lowest BCUT2D eigenvalue weighted by atomic mass is 10.0. The van der Waals surface area contributed by atoms with Gasteiger partial charge in [0.05, 0.1) is 11.8 Å². The average Bonchev–Trinajstić information content (AvgIpc) is 3.17. The minimum absolute atomic E-state index is 0.0369. The predicted molar refractivity (Wildman–Crippen MR) is 92.1 cm³/mol. The second kappa shape index (κ2) is 6.62. The van der Waals surface area contributed by atoms with Gasteiger partial charge in [-0.15, -0.1) is 0 Å². The SMILES string of the molecule is CCNc1ccc(Cl)cc1C(=O)N1CC[C@H](c2cnn(C)c2)C1. The van der Waals surface area contributed by atoms with E-state index in [-0.39, 0.29) is 5.91 Å². The number of halogens is 1. The quantitative estimate of drug-likeness (QED) is 0.935. The fourth-order valence-electron chi connectivity index (χ4n) is 3.08. The van der Waals surface area contributed by atoms with Gasteiger partial charge in [0.2, 0.25) is 0 Å². The third-order valence-corrected chi connectivity index (χ3v) is 4.49. The minimum atomic E-state index is 0.0369. The highest BCUT2D eigenvalue weighted by Gasteiger charge is 2.29. The lowest BCUT2D eigenvalue weighted by Gasteiger charge is -2.19. The van der Waals surface area contributed by atoms with E-state index in [0.29, 0.717) is 16.5 Å². The van der Waals surface area contributed by atoms with Crippen LogP contribution < -0.4 is 5.32 Å². The summed E-state index contributed by atoms with van der Waals surface area (Å²) in [6.45, 7) is 4.26.